The van der Waals surface area contributed by atoms with Crippen molar-refractivity contribution < 1.29 is 9.59 Å². The smallest absolute Gasteiger partial charge is 0.220 e. The zero-order valence-electron chi connectivity index (χ0n) is 14.2. The highest BCUT2D eigenvalue weighted by Gasteiger charge is 2.09. The van der Waals surface area contributed by atoms with Crippen LogP contribution in [0.3, 0.4) is 0 Å². The molecule has 0 bridgehead atoms. The quantitative estimate of drug-likeness (QED) is 0.757. The summed E-state index contributed by atoms with van der Waals surface area (Å²) in [7, 11) is 4.00. The molecule has 0 saturated heterocycles. The van der Waals surface area contributed by atoms with Crippen LogP contribution < -0.4 is 10.2 Å². The number of aromatic nitrogens is 1. The van der Waals surface area contributed by atoms with Gasteiger partial charge >= 0.3 is 0 Å². The molecule has 5 heteroatoms. The Bertz CT molecular complexity index is 667. The number of carbonyl (C=O) groups is 2. The zero-order valence-corrected chi connectivity index (χ0v) is 14.2. The molecule has 0 fully saturated rings. The molecule has 1 amide bonds. The summed E-state index contributed by atoms with van der Waals surface area (Å²) in [6.45, 7) is 0.571. The predicted molar refractivity (Wildman–Crippen MR) is 95.3 cm³/mol. The van der Waals surface area contributed by atoms with Crippen LogP contribution in [0.25, 0.3) is 0 Å². The molecule has 0 aliphatic heterocycles. The van der Waals surface area contributed by atoms with E-state index >= 15 is 0 Å². The van der Waals surface area contributed by atoms with Crippen LogP contribution in [-0.4, -0.2) is 37.3 Å². The largest absolute Gasteiger partial charge is 0.378 e. The third-order valence-electron chi connectivity index (χ3n) is 3.75. The van der Waals surface area contributed by atoms with E-state index in [-0.39, 0.29) is 24.5 Å². The van der Waals surface area contributed by atoms with E-state index in [1.165, 1.54) is 11.8 Å². The molecule has 1 aromatic heterocycles. The molecule has 1 heterocycles. The van der Waals surface area contributed by atoms with Crippen LogP contribution in [0.1, 0.15) is 28.8 Å². The fourth-order valence-electron chi connectivity index (χ4n) is 2.29. The highest BCUT2D eigenvalue weighted by atomic mass is 16.2. The average Bonchev–Trinajstić information content (AvgIpc) is 2.61. The Morgan fingerprint density at radius 2 is 1.83 bits per heavy atom. The maximum Gasteiger partial charge on any atom is 0.220 e. The Labute approximate surface area is 142 Å². The summed E-state index contributed by atoms with van der Waals surface area (Å²) in [4.78, 5) is 29.7. The summed E-state index contributed by atoms with van der Waals surface area (Å²) in [5.74, 6) is -0.158. The van der Waals surface area contributed by atoms with Gasteiger partial charge in [0, 0.05) is 57.1 Å². The Morgan fingerprint density at radius 1 is 1.08 bits per heavy atom. The van der Waals surface area contributed by atoms with Gasteiger partial charge in [0.2, 0.25) is 5.91 Å². The van der Waals surface area contributed by atoms with Crippen molar-refractivity contribution in [1.82, 2.24) is 10.3 Å². The lowest BCUT2D eigenvalue weighted by Gasteiger charge is -2.12. The van der Waals surface area contributed by atoms with E-state index in [0.717, 1.165) is 12.1 Å². The Kier molecular flexibility index (Phi) is 6.49. The maximum absolute atomic E-state index is 11.9. The van der Waals surface area contributed by atoms with Crippen molar-refractivity contribution in [3.05, 3.63) is 59.9 Å². The molecule has 2 aromatic rings. The van der Waals surface area contributed by atoms with Crippen molar-refractivity contribution in [2.45, 2.75) is 19.3 Å². The van der Waals surface area contributed by atoms with Crippen LogP contribution in [0.5, 0.6) is 0 Å². The minimum absolute atomic E-state index is 0.0578. The second-order valence-corrected chi connectivity index (χ2v) is 5.83. The summed E-state index contributed by atoms with van der Waals surface area (Å²) in [5.41, 5.74) is 2.87. The molecule has 0 aliphatic rings. The number of hydrogen-bond acceptors (Lipinski definition) is 4. The third-order valence-corrected chi connectivity index (χ3v) is 3.75. The van der Waals surface area contributed by atoms with Gasteiger partial charge in [-0.25, -0.2) is 0 Å². The molecule has 2 rings (SSSR count). The first kappa shape index (κ1) is 17.7. The molecule has 0 atom stereocenters. The molecule has 0 unspecified atom stereocenters. The highest BCUT2D eigenvalue weighted by Crippen LogP contribution is 2.12. The minimum Gasteiger partial charge on any atom is -0.378 e. The van der Waals surface area contributed by atoms with E-state index in [1.54, 1.807) is 18.3 Å². The molecule has 0 radical (unpaired) electrons. The van der Waals surface area contributed by atoms with Crippen LogP contribution >= 0.6 is 0 Å². The molecule has 1 aromatic carbocycles. The van der Waals surface area contributed by atoms with Gasteiger partial charge in [-0.1, -0.05) is 12.1 Å². The molecular formula is C19H23N3O2. The summed E-state index contributed by atoms with van der Waals surface area (Å²) in [6.07, 6.45) is 4.32. The Morgan fingerprint density at radius 3 is 2.46 bits per heavy atom. The van der Waals surface area contributed by atoms with Gasteiger partial charge in [-0.3, -0.25) is 14.6 Å². The lowest BCUT2D eigenvalue weighted by molar-refractivity contribution is -0.121. The van der Waals surface area contributed by atoms with Crippen LogP contribution in [0.15, 0.2) is 48.8 Å². The topological polar surface area (TPSA) is 62.3 Å². The van der Waals surface area contributed by atoms with E-state index in [1.807, 2.05) is 19.0 Å². The van der Waals surface area contributed by atoms with Crippen molar-refractivity contribution >= 4 is 17.4 Å². The number of carbonyl (C=O) groups excluding carboxylic acids is 2. The first-order valence-corrected chi connectivity index (χ1v) is 8.02. The number of Topliss-reactive ketones (excluding diaryl/α,β-unsaturated/α-hetero) is 1. The molecule has 126 valence electrons. The molecule has 5 nitrogen and oxygen atoms in total. The van der Waals surface area contributed by atoms with Gasteiger partial charge in [-0.15, -0.1) is 0 Å². The summed E-state index contributed by atoms with van der Waals surface area (Å²) in [6, 6.07) is 11.7. The second kappa shape index (κ2) is 8.82. The maximum atomic E-state index is 11.9. The number of rotatable bonds is 8. The Hall–Kier alpha value is -2.69. The molecule has 0 saturated carbocycles. The van der Waals surface area contributed by atoms with E-state index in [4.69, 9.17) is 0 Å². The van der Waals surface area contributed by atoms with Crippen LogP contribution in [0, 0.1) is 0 Å². The molecule has 24 heavy (non-hydrogen) atoms. The van der Waals surface area contributed by atoms with E-state index in [2.05, 4.69) is 34.6 Å². The van der Waals surface area contributed by atoms with E-state index in [0.29, 0.717) is 12.1 Å². The van der Waals surface area contributed by atoms with Crippen molar-refractivity contribution in [2.24, 2.45) is 0 Å². The van der Waals surface area contributed by atoms with E-state index < -0.39 is 0 Å². The number of nitrogens with one attached hydrogen (secondary N) is 1. The van der Waals surface area contributed by atoms with Crippen molar-refractivity contribution in [2.75, 3.05) is 25.5 Å². The molecule has 0 spiro atoms. The molecule has 0 aliphatic carbocycles. The van der Waals surface area contributed by atoms with Gasteiger partial charge in [0.05, 0.1) is 0 Å². The lowest BCUT2D eigenvalue weighted by Crippen LogP contribution is -2.26. The van der Waals surface area contributed by atoms with Crippen LogP contribution in [-0.2, 0) is 11.2 Å². The lowest BCUT2D eigenvalue weighted by atomic mass is 10.1. The van der Waals surface area contributed by atoms with Crippen LogP contribution in [0.2, 0.25) is 0 Å². The summed E-state index contributed by atoms with van der Waals surface area (Å²) >= 11 is 0. The highest BCUT2D eigenvalue weighted by molar-refractivity contribution is 5.97. The average molecular weight is 325 g/mol. The number of amides is 1. The van der Waals surface area contributed by atoms with Crippen molar-refractivity contribution in [3.8, 4) is 0 Å². The third kappa shape index (κ3) is 5.50. The van der Waals surface area contributed by atoms with Gasteiger partial charge in [0.15, 0.2) is 5.78 Å². The number of nitrogens with zero attached hydrogens (tertiary/aromatic N) is 2. The van der Waals surface area contributed by atoms with Gasteiger partial charge in [-0.05, 0) is 36.2 Å². The number of benzene rings is 1. The van der Waals surface area contributed by atoms with Gasteiger partial charge in [0.1, 0.15) is 0 Å². The van der Waals surface area contributed by atoms with Gasteiger partial charge in [-0.2, -0.15) is 0 Å². The van der Waals surface area contributed by atoms with Gasteiger partial charge in [0.25, 0.3) is 0 Å². The van der Waals surface area contributed by atoms with Crippen molar-refractivity contribution in [3.63, 3.8) is 0 Å². The normalized spacial score (nSPS) is 10.2. The second-order valence-electron chi connectivity index (χ2n) is 5.83. The first-order valence-electron chi connectivity index (χ1n) is 8.02. The monoisotopic (exact) mass is 325 g/mol. The molecule has 1 N–H and O–H groups in total. The van der Waals surface area contributed by atoms with E-state index in [9.17, 15) is 9.59 Å². The summed E-state index contributed by atoms with van der Waals surface area (Å²) < 4.78 is 0. The minimum atomic E-state index is -0.0999. The molecular weight excluding hydrogens is 302 g/mol. The van der Waals surface area contributed by atoms with Crippen LogP contribution in [0.4, 0.5) is 5.69 Å². The number of pyridine rings is 1. The fourth-order valence-corrected chi connectivity index (χ4v) is 2.29. The predicted octanol–water partition coefficient (Wildman–Crippen LogP) is 2.47. The summed E-state index contributed by atoms with van der Waals surface area (Å²) in [5, 5.41) is 2.86. The van der Waals surface area contributed by atoms with Gasteiger partial charge < -0.3 is 10.2 Å². The zero-order chi connectivity index (χ0) is 17.4. The Balaban J connectivity index is 1.69. The standard InChI is InChI=1S/C19H23N3O2/c1-22(2)17-7-5-15(6-8-17)11-13-21-19(24)10-9-18(23)16-4-3-12-20-14-16/h3-8,12,14H,9-11,13H2,1-2H3,(H,21,24). The fraction of sp³-hybridized carbons (Fsp3) is 0.316. The van der Waals surface area contributed by atoms with Crippen molar-refractivity contribution in [1.29, 1.82) is 0 Å². The SMILES string of the molecule is CN(C)c1ccc(CCNC(=O)CCC(=O)c2cccnc2)cc1. The number of hydrogen-bond donors (Lipinski definition) is 1. The number of anilines is 1. The first-order chi connectivity index (χ1) is 11.6. The number of ketones is 1.